The molecule has 1 amide bonds. The van der Waals surface area contributed by atoms with Crippen LogP contribution >= 0.6 is 0 Å². The van der Waals surface area contributed by atoms with E-state index in [1.54, 1.807) is 6.92 Å². The van der Waals surface area contributed by atoms with Gasteiger partial charge in [-0.15, -0.1) is 0 Å². The molecule has 0 aliphatic carbocycles. The normalized spacial score (nSPS) is 18.6. The van der Waals surface area contributed by atoms with E-state index in [4.69, 9.17) is 14.1 Å². The van der Waals surface area contributed by atoms with E-state index in [1.807, 2.05) is 11.9 Å². The number of amides is 1. The number of carbonyl (C=O) groups is 1. The minimum Gasteiger partial charge on any atom is -0.478 e. The number of sulfone groups is 1. The molecular formula is C16H24N2O7S2. The van der Waals surface area contributed by atoms with E-state index in [0.717, 1.165) is 0 Å². The van der Waals surface area contributed by atoms with E-state index in [2.05, 4.69) is 0 Å². The summed E-state index contributed by atoms with van der Waals surface area (Å²) in [5.41, 5.74) is 1.51. The molecule has 1 heterocycles. The lowest BCUT2D eigenvalue weighted by Crippen LogP contribution is -2.57. The Morgan fingerprint density at radius 1 is 1.30 bits per heavy atom. The molecule has 0 radical (unpaired) electrons. The van der Waals surface area contributed by atoms with E-state index in [1.165, 1.54) is 29.7 Å². The zero-order valence-corrected chi connectivity index (χ0v) is 16.8. The summed E-state index contributed by atoms with van der Waals surface area (Å²) in [6.45, 7) is 2.82. The van der Waals surface area contributed by atoms with E-state index in [-0.39, 0.29) is 30.3 Å². The van der Waals surface area contributed by atoms with Gasteiger partial charge in [-0.2, -0.15) is 0 Å². The predicted molar refractivity (Wildman–Crippen MR) is 98.3 cm³/mol. The molecule has 1 unspecified atom stereocenters. The van der Waals surface area contributed by atoms with E-state index >= 15 is 0 Å². The SMILES string of the molecule is CCOS(=O)COc1ccc(S(=O)(=O)C2(C(=O)NO)CCN(C)CC2)cc1. The van der Waals surface area contributed by atoms with Gasteiger partial charge < -0.3 is 9.64 Å². The van der Waals surface area contributed by atoms with Crippen LogP contribution in [-0.4, -0.2) is 66.1 Å². The van der Waals surface area contributed by atoms with Crippen LogP contribution in [0.25, 0.3) is 0 Å². The maximum atomic E-state index is 13.2. The van der Waals surface area contributed by atoms with Crippen LogP contribution in [0, 0.1) is 0 Å². The largest absolute Gasteiger partial charge is 0.478 e. The van der Waals surface area contributed by atoms with Crippen molar-refractivity contribution in [3.63, 3.8) is 0 Å². The maximum Gasteiger partial charge on any atom is 0.265 e. The van der Waals surface area contributed by atoms with E-state index in [9.17, 15) is 17.4 Å². The van der Waals surface area contributed by atoms with Crippen LogP contribution < -0.4 is 10.2 Å². The molecule has 0 spiro atoms. The number of hydroxylamine groups is 1. The van der Waals surface area contributed by atoms with Crippen molar-refractivity contribution in [1.82, 2.24) is 10.4 Å². The molecule has 27 heavy (non-hydrogen) atoms. The van der Waals surface area contributed by atoms with Crippen molar-refractivity contribution in [2.24, 2.45) is 0 Å². The van der Waals surface area contributed by atoms with Gasteiger partial charge in [0, 0.05) is 0 Å². The second-order valence-electron chi connectivity index (χ2n) is 6.19. The van der Waals surface area contributed by atoms with Crippen LogP contribution in [0.2, 0.25) is 0 Å². The molecule has 1 aromatic carbocycles. The van der Waals surface area contributed by atoms with Crippen molar-refractivity contribution < 1.29 is 31.5 Å². The number of likely N-dealkylation sites (tertiary alicyclic amines) is 1. The molecule has 11 heteroatoms. The number of hydrogen-bond acceptors (Lipinski definition) is 8. The number of benzene rings is 1. The standard InChI is InChI=1S/C16H24N2O7S2/c1-3-25-26(21)12-24-13-4-6-14(7-5-13)27(22,23)16(15(19)17-20)8-10-18(2)11-9-16/h4-7,20H,3,8-12H2,1-2H3,(H,17,19). The van der Waals surface area contributed by atoms with Crippen molar-refractivity contribution in [1.29, 1.82) is 0 Å². The van der Waals surface area contributed by atoms with Crippen molar-refractivity contribution in [3.05, 3.63) is 24.3 Å². The Morgan fingerprint density at radius 3 is 2.41 bits per heavy atom. The molecule has 1 aliphatic heterocycles. The van der Waals surface area contributed by atoms with Crippen LogP contribution in [0.1, 0.15) is 19.8 Å². The van der Waals surface area contributed by atoms with Crippen molar-refractivity contribution in [3.8, 4) is 5.75 Å². The molecule has 1 aromatic rings. The van der Waals surface area contributed by atoms with Crippen LogP contribution in [0.4, 0.5) is 0 Å². The number of carbonyl (C=O) groups excluding carboxylic acids is 1. The van der Waals surface area contributed by atoms with Crippen LogP contribution in [0.15, 0.2) is 29.2 Å². The lowest BCUT2D eigenvalue weighted by molar-refractivity contribution is -0.133. The number of piperidine rings is 1. The molecule has 152 valence electrons. The number of nitrogens with one attached hydrogen (secondary N) is 1. The van der Waals surface area contributed by atoms with Crippen LogP contribution in [0.3, 0.4) is 0 Å². The fourth-order valence-corrected chi connectivity index (χ4v) is 5.44. The van der Waals surface area contributed by atoms with E-state index in [0.29, 0.717) is 18.8 Å². The molecule has 1 atom stereocenters. The molecule has 1 fully saturated rings. The third-order valence-corrected chi connectivity index (χ3v) is 7.85. The van der Waals surface area contributed by atoms with Gasteiger partial charge in [0.15, 0.2) is 31.6 Å². The summed E-state index contributed by atoms with van der Waals surface area (Å²) in [5, 5.41) is 9.10. The zero-order valence-electron chi connectivity index (χ0n) is 15.2. The Hall–Kier alpha value is -1.53. The first-order valence-electron chi connectivity index (χ1n) is 8.39. The summed E-state index contributed by atoms with van der Waals surface area (Å²) in [7, 11) is -2.22. The monoisotopic (exact) mass is 420 g/mol. The molecular weight excluding hydrogens is 396 g/mol. The van der Waals surface area contributed by atoms with Gasteiger partial charge >= 0.3 is 0 Å². The first-order chi connectivity index (χ1) is 12.8. The predicted octanol–water partition coefficient (Wildman–Crippen LogP) is 0.467. The number of nitrogens with zero attached hydrogens (tertiary/aromatic N) is 1. The molecule has 2 N–H and O–H groups in total. The zero-order chi connectivity index (χ0) is 20.1. The third kappa shape index (κ3) is 4.66. The van der Waals surface area contributed by atoms with Crippen molar-refractivity contribution >= 4 is 26.8 Å². The average Bonchev–Trinajstić information content (AvgIpc) is 2.67. The summed E-state index contributed by atoms with van der Waals surface area (Å²) < 4.78 is 46.2. The van der Waals surface area contributed by atoms with Gasteiger partial charge in [0.05, 0.1) is 11.5 Å². The Morgan fingerprint density at radius 2 is 1.89 bits per heavy atom. The fraction of sp³-hybridized carbons (Fsp3) is 0.562. The second kappa shape index (κ2) is 9.11. The van der Waals surface area contributed by atoms with Crippen LogP contribution in [-0.2, 0) is 29.9 Å². The highest BCUT2D eigenvalue weighted by molar-refractivity contribution is 7.93. The summed E-state index contributed by atoms with van der Waals surface area (Å²) in [4.78, 5) is 14.2. The van der Waals surface area contributed by atoms with Gasteiger partial charge in [-0.1, -0.05) is 0 Å². The third-order valence-electron chi connectivity index (χ3n) is 4.53. The van der Waals surface area contributed by atoms with Crippen molar-refractivity contribution in [2.75, 3.05) is 32.7 Å². The lowest BCUT2D eigenvalue weighted by Gasteiger charge is -2.38. The molecule has 1 aliphatic rings. The highest BCUT2D eigenvalue weighted by atomic mass is 32.2. The minimum absolute atomic E-state index is 0.0473. The molecule has 9 nitrogen and oxygen atoms in total. The molecule has 2 rings (SSSR count). The van der Waals surface area contributed by atoms with Gasteiger partial charge in [-0.3, -0.25) is 14.2 Å². The van der Waals surface area contributed by atoms with Crippen LogP contribution in [0.5, 0.6) is 5.75 Å². The van der Waals surface area contributed by atoms with Gasteiger partial charge in [0.1, 0.15) is 5.75 Å². The molecule has 0 bridgehead atoms. The smallest absolute Gasteiger partial charge is 0.265 e. The maximum absolute atomic E-state index is 13.2. The Bertz CT molecular complexity index is 772. The highest BCUT2D eigenvalue weighted by Crippen LogP contribution is 2.36. The molecule has 0 saturated carbocycles. The summed E-state index contributed by atoms with van der Waals surface area (Å²) in [6, 6.07) is 5.52. The highest BCUT2D eigenvalue weighted by Gasteiger charge is 2.52. The summed E-state index contributed by atoms with van der Waals surface area (Å²) in [5.74, 6) is -0.780. The number of ether oxygens (including phenoxy) is 1. The molecule has 0 aromatic heterocycles. The Balaban J connectivity index is 2.23. The minimum atomic E-state index is -4.05. The number of rotatable bonds is 8. The Labute approximate surface area is 161 Å². The van der Waals surface area contributed by atoms with Gasteiger partial charge in [-0.25, -0.2) is 18.1 Å². The summed E-state index contributed by atoms with van der Waals surface area (Å²) >= 11 is -1.59. The van der Waals surface area contributed by atoms with Gasteiger partial charge in [0.25, 0.3) is 5.91 Å². The first kappa shape index (κ1) is 21.8. The first-order valence-corrected chi connectivity index (χ1v) is 11.1. The topological polar surface area (TPSA) is 122 Å². The van der Waals surface area contributed by atoms with Gasteiger partial charge in [0.2, 0.25) is 0 Å². The van der Waals surface area contributed by atoms with Crippen molar-refractivity contribution in [2.45, 2.75) is 29.4 Å². The van der Waals surface area contributed by atoms with E-state index < -0.39 is 31.6 Å². The number of hydrogen-bond donors (Lipinski definition) is 2. The fourth-order valence-electron chi connectivity index (χ4n) is 2.92. The Kier molecular flexibility index (Phi) is 7.34. The average molecular weight is 421 g/mol. The lowest BCUT2D eigenvalue weighted by atomic mass is 9.95. The quantitative estimate of drug-likeness (QED) is 0.460. The second-order valence-corrected chi connectivity index (χ2v) is 9.52. The molecule has 1 saturated heterocycles. The summed E-state index contributed by atoms with van der Waals surface area (Å²) in [6.07, 6.45) is 0.146. The van der Waals surface area contributed by atoms with Gasteiger partial charge in [-0.05, 0) is 64.2 Å².